The molecule has 0 aliphatic rings. The van der Waals surface area contributed by atoms with E-state index in [1.807, 2.05) is 12.3 Å². The quantitative estimate of drug-likeness (QED) is 0.739. The molecule has 0 radical (unpaired) electrons. The van der Waals surface area contributed by atoms with Crippen molar-refractivity contribution in [2.45, 2.75) is 13.8 Å². The summed E-state index contributed by atoms with van der Waals surface area (Å²) in [6.07, 6.45) is 1.29. The van der Waals surface area contributed by atoms with Gasteiger partial charge in [0.1, 0.15) is 0 Å². The molecule has 3 N–H and O–H groups in total. The molecule has 100 valence electrons. The number of nitrogens with one attached hydrogen (secondary N) is 3. The topological polar surface area (TPSA) is 90.8 Å². The number of hydrogen-bond donors (Lipinski definition) is 3. The average Bonchev–Trinajstić information content (AvgIpc) is 2.92. The molecule has 0 unspecified atom stereocenters. The number of aromatic nitrogens is 2. The molecular weight excluding hydrogens is 282 g/mol. The number of anilines is 2. The molecule has 0 fully saturated rings. The summed E-state index contributed by atoms with van der Waals surface area (Å²) in [6, 6.07) is 0. The van der Waals surface area contributed by atoms with E-state index in [2.05, 4.69) is 20.6 Å². The molecule has 2 aromatic rings. The lowest BCUT2D eigenvalue weighted by molar-refractivity contribution is -0.114. The maximum absolute atomic E-state index is 11.0. The zero-order chi connectivity index (χ0) is 13.8. The predicted octanol–water partition coefficient (Wildman–Crippen LogP) is 2.59. The van der Waals surface area contributed by atoms with Gasteiger partial charge in [0, 0.05) is 18.5 Å². The first-order valence-electron chi connectivity index (χ1n) is 5.54. The summed E-state index contributed by atoms with van der Waals surface area (Å²) < 4.78 is 0. The van der Waals surface area contributed by atoms with E-state index in [0.717, 1.165) is 21.4 Å². The summed E-state index contributed by atoms with van der Waals surface area (Å²) in [7, 11) is 0. The summed E-state index contributed by atoms with van der Waals surface area (Å²) in [4.78, 5) is 20.7. The fraction of sp³-hybridized carbons (Fsp3) is 0.273. The number of amides is 1. The molecule has 0 saturated carbocycles. The van der Waals surface area contributed by atoms with Crippen molar-refractivity contribution in [1.82, 2.24) is 9.97 Å². The second-order valence-corrected chi connectivity index (χ2v) is 5.59. The molecule has 0 aromatic carbocycles. The maximum atomic E-state index is 11.0. The Kier molecular flexibility index (Phi) is 4.23. The van der Waals surface area contributed by atoms with Gasteiger partial charge in [-0.15, -0.1) is 11.3 Å². The van der Waals surface area contributed by atoms with Crippen LogP contribution >= 0.6 is 22.7 Å². The molecule has 6 nitrogen and oxygen atoms in total. The van der Waals surface area contributed by atoms with Crippen LogP contribution in [0.15, 0.2) is 5.38 Å². The van der Waals surface area contributed by atoms with Crippen LogP contribution in [0.4, 0.5) is 10.3 Å². The first kappa shape index (κ1) is 13.6. The third kappa shape index (κ3) is 3.36. The highest BCUT2D eigenvalue weighted by Gasteiger charge is 2.13. The minimum absolute atomic E-state index is 0.132. The molecule has 2 rings (SSSR count). The highest BCUT2D eigenvalue weighted by molar-refractivity contribution is 7.19. The molecule has 0 saturated heterocycles. The predicted molar refractivity (Wildman–Crippen MR) is 79.5 cm³/mol. The zero-order valence-corrected chi connectivity index (χ0v) is 12.1. The number of aryl methyl sites for hydroxylation is 1. The Labute approximate surface area is 118 Å². The summed E-state index contributed by atoms with van der Waals surface area (Å²) in [5, 5.41) is 16.0. The van der Waals surface area contributed by atoms with Crippen LogP contribution in [-0.4, -0.2) is 28.6 Å². The molecule has 0 bridgehead atoms. The number of hydrogen-bond acceptors (Lipinski definition) is 7. The average molecular weight is 295 g/mol. The SMILES string of the molecule is CC(=O)Nc1nc(C)c(-c2csc(NCC=N)n2)s1. The summed E-state index contributed by atoms with van der Waals surface area (Å²) in [6.45, 7) is 3.81. The van der Waals surface area contributed by atoms with Crippen LogP contribution in [0.3, 0.4) is 0 Å². The van der Waals surface area contributed by atoms with Gasteiger partial charge in [0.05, 0.1) is 22.8 Å². The third-order valence-electron chi connectivity index (χ3n) is 2.17. The van der Waals surface area contributed by atoms with E-state index in [1.165, 1.54) is 35.8 Å². The van der Waals surface area contributed by atoms with E-state index >= 15 is 0 Å². The summed E-state index contributed by atoms with van der Waals surface area (Å²) in [5.74, 6) is -0.132. The van der Waals surface area contributed by atoms with Crippen molar-refractivity contribution >= 4 is 45.1 Å². The van der Waals surface area contributed by atoms with Crippen molar-refractivity contribution in [2.24, 2.45) is 0 Å². The number of carbonyl (C=O) groups is 1. The molecule has 2 heterocycles. The third-order valence-corrected chi connectivity index (χ3v) is 4.07. The molecule has 8 heteroatoms. The Balaban J connectivity index is 2.21. The minimum Gasteiger partial charge on any atom is -0.357 e. The van der Waals surface area contributed by atoms with Crippen molar-refractivity contribution < 1.29 is 4.79 Å². The van der Waals surface area contributed by atoms with E-state index in [1.54, 1.807) is 0 Å². The monoisotopic (exact) mass is 295 g/mol. The van der Waals surface area contributed by atoms with Gasteiger partial charge >= 0.3 is 0 Å². The van der Waals surface area contributed by atoms with E-state index in [9.17, 15) is 4.79 Å². The number of rotatable bonds is 5. The molecule has 19 heavy (non-hydrogen) atoms. The normalized spacial score (nSPS) is 10.2. The lowest BCUT2D eigenvalue weighted by atomic mass is 10.3. The van der Waals surface area contributed by atoms with Crippen LogP contribution in [0.1, 0.15) is 12.6 Å². The van der Waals surface area contributed by atoms with Crippen molar-refractivity contribution in [3.8, 4) is 10.6 Å². The Morgan fingerprint density at radius 3 is 2.95 bits per heavy atom. The maximum Gasteiger partial charge on any atom is 0.223 e. The lowest BCUT2D eigenvalue weighted by Gasteiger charge is -1.95. The van der Waals surface area contributed by atoms with E-state index in [-0.39, 0.29) is 5.91 Å². The van der Waals surface area contributed by atoms with Gasteiger partial charge in [-0.2, -0.15) is 0 Å². The van der Waals surface area contributed by atoms with Gasteiger partial charge in [-0.25, -0.2) is 9.97 Å². The van der Waals surface area contributed by atoms with Crippen LogP contribution in [-0.2, 0) is 4.79 Å². The van der Waals surface area contributed by atoms with Crippen LogP contribution in [0.5, 0.6) is 0 Å². The van der Waals surface area contributed by atoms with Gasteiger partial charge in [-0.1, -0.05) is 11.3 Å². The Morgan fingerprint density at radius 2 is 2.26 bits per heavy atom. The lowest BCUT2D eigenvalue weighted by Crippen LogP contribution is -2.04. The van der Waals surface area contributed by atoms with E-state index < -0.39 is 0 Å². The van der Waals surface area contributed by atoms with Crippen molar-refractivity contribution in [2.75, 3.05) is 17.2 Å². The van der Waals surface area contributed by atoms with E-state index in [0.29, 0.717) is 11.7 Å². The van der Waals surface area contributed by atoms with Crippen LogP contribution in [0.2, 0.25) is 0 Å². The van der Waals surface area contributed by atoms with Gasteiger partial charge in [0.2, 0.25) is 5.91 Å². The Morgan fingerprint density at radius 1 is 1.47 bits per heavy atom. The second-order valence-electron chi connectivity index (χ2n) is 3.74. The highest BCUT2D eigenvalue weighted by atomic mass is 32.1. The largest absolute Gasteiger partial charge is 0.357 e. The molecule has 2 aromatic heterocycles. The highest BCUT2D eigenvalue weighted by Crippen LogP contribution is 2.34. The Hall–Kier alpha value is -1.80. The summed E-state index contributed by atoms with van der Waals surface area (Å²) >= 11 is 2.89. The first-order chi connectivity index (χ1) is 9.10. The molecule has 1 amide bonds. The molecule has 0 atom stereocenters. The summed E-state index contributed by atoms with van der Waals surface area (Å²) in [5.41, 5.74) is 1.68. The first-order valence-corrected chi connectivity index (χ1v) is 7.23. The van der Waals surface area contributed by atoms with Crippen molar-refractivity contribution in [3.05, 3.63) is 11.1 Å². The van der Waals surface area contributed by atoms with Gasteiger partial charge in [-0.05, 0) is 6.92 Å². The molecule has 0 spiro atoms. The number of nitrogens with zero attached hydrogens (tertiary/aromatic N) is 2. The number of thiazole rings is 2. The smallest absolute Gasteiger partial charge is 0.223 e. The molecule has 0 aliphatic carbocycles. The van der Waals surface area contributed by atoms with Crippen LogP contribution < -0.4 is 10.6 Å². The van der Waals surface area contributed by atoms with Gasteiger partial charge < -0.3 is 16.0 Å². The van der Waals surface area contributed by atoms with Gasteiger partial charge in [0.15, 0.2) is 10.3 Å². The van der Waals surface area contributed by atoms with Crippen LogP contribution in [0.25, 0.3) is 10.6 Å². The van der Waals surface area contributed by atoms with Crippen molar-refractivity contribution in [1.29, 1.82) is 5.41 Å². The fourth-order valence-electron chi connectivity index (χ4n) is 1.44. The number of carbonyl (C=O) groups excluding carboxylic acids is 1. The van der Waals surface area contributed by atoms with E-state index in [4.69, 9.17) is 5.41 Å². The Bertz CT molecular complexity index is 604. The van der Waals surface area contributed by atoms with Crippen molar-refractivity contribution in [3.63, 3.8) is 0 Å². The molecule has 0 aliphatic heterocycles. The standard InChI is InChI=1S/C11H13N5OS2/c1-6-9(19-11(14-6)15-7(2)17)8-5-18-10(16-8)13-4-3-12/h3,5,12H,4H2,1-2H3,(H,13,16)(H,14,15,17). The van der Waals surface area contributed by atoms with Crippen LogP contribution in [0, 0.1) is 12.3 Å². The van der Waals surface area contributed by atoms with Gasteiger partial charge in [-0.3, -0.25) is 4.79 Å². The van der Waals surface area contributed by atoms with Gasteiger partial charge in [0.25, 0.3) is 0 Å². The fourth-order valence-corrected chi connectivity index (χ4v) is 3.19. The minimum atomic E-state index is -0.132. The molecular formula is C11H13N5OS2. The zero-order valence-electron chi connectivity index (χ0n) is 10.5. The second kappa shape index (κ2) is 5.89.